The van der Waals surface area contributed by atoms with Crippen molar-refractivity contribution in [2.45, 2.75) is 45.3 Å². The predicted octanol–water partition coefficient (Wildman–Crippen LogP) is 2.89. The van der Waals surface area contributed by atoms with E-state index in [1.165, 1.54) is 11.1 Å². The lowest BCUT2D eigenvalue weighted by Crippen LogP contribution is -2.46. The minimum atomic E-state index is 0.00944. The fourth-order valence-corrected chi connectivity index (χ4v) is 3.73. The van der Waals surface area contributed by atoms with Crippen LogP contribution in [0.4, 0.5) is 0 Å². The van der Waals surface area contributed by atoms with Crippen LogP contribution in [0.25, 0.3) is 0 Å². The average molecular weight is 274 g/mol. The fraction of sp³-hybridized carbons (Fsp3) is 0.647. The number of benzene rings is 1. The van der Waals surface area contributed by atoms with Gasteiger partial charge in [-0.3, -0.25) is 4.90 Å². The van der Waals surface area contributed by atoms with Gasteiger partial charge >= 0.3 is 0 Å². The van der Waals surface area contributed by atoms with Gasteiger partial charge in [0, 0.05) is 31.0 Å². The third-order valence-electron chi connectivity index (χ3n) is 4.87. The first-order valence-electron chi connectivity index (χ1n) is 7.92. The van der Waals surface area contributed by atoms with E-state index in [0.717, 1.165) is 44.8 Å². The number of rotatable bonds is 3. The maximum Gasteiger partial charge on any atom is 0.125 e. The first-order chi connectivity index (χ1) is 9.67. The van der Waals surface area contributed by atoms with Gasteiger partial charge in [0.05, 0.1) is 0 Å². The van der Waals surface area contributed by atoms with E-state index in [1.54, 1.807) is 0 Å². The standard InChI is InChI=1S/C17H26N2O/c1-4-19(5-2)15-11-17(8-9-18-12-17)20-16-7-6-13(3)10-14(15)16/h6-7,10,15,18H,4-5,8-9,11-12H2,1-3H3. The second-order valence-corrected chi connectivity index (χ2v) is 6.19. The highest BCUT2D eigenvalue weighted by Crippen LogP contribution is 2.45. The SMILES string of the molecule is CCN(CC)C1CC2(CCNC2)Oc2ccc(C)cc21. The van der Waals surface area contributed by atoms with Gasteiger partial charge in [0.15, 0.2) is 0 Å². The van der Waals surface area contributed by atoms with E-state index in [2.05, 4.69) is 49.2 Å². The van der Waals surface area contributed by atoms with Crippen LogP contribution >= 0.6 is 0 Å². The molecule has 1 saturated heterocycles. The summed E-state index contributed by atoms with van der Waals surface area (Å²) >= 11 is 0. The first kappa shape index (κ1) is 13.9. The Morgan fingerprint density at radius 1 is 1.35 bits per heavy atom. The number of nitrogens with zero attached hydrogens (tertiary/aromatic N) is 1. The number of fused-ring (bicyclic) bond motifs is 1. The summed E-state index contributed by atoms with van der Waals surface area (Å²) in [4.78, 5) is 2.57. The molecule has 110 valence electrons. The molecule has 1 aromatic rings. The van der Waals surface area contributed by atoms with Crippen molar-refractivity contribution < 1.29 is 4.74 Å². The van der Waals surface area contributed by atoms with Gasteiger partial charge in [0.1, 0.15) is 11.4 Å². The van der Waals surface area contributed by atoms with E-state index in [4.69, 9.17) is 4.74 Å². The maximum absolute atomic E-state index is 6.42. The van der Waals surface area contributed by atoms with Gasteiger partial charge < -0.3 is 10.1 Å². The molecule has 2 heterocycles. The molecule has 1 N–H and O–H groups in total. The van der Waals surface area contributed by atoms with Gasteiger partial charge in [-0.2, -0.15) is 0 Å². The van der Waals surface area contributed by atoms with Crippen molar-refractivity contribution in [2.75, 3.05) is 26.2 Å². The number of aryl methyl sites for hydroxylation is 1. The molecule has 1 fully saturated rings. The number of ether oxygens (including phenoxy) is 1. The van der Waals surface area contributed by atoms with E-state index < -0.39 is 0 Å². The molecule has 3 nitrogen and oxygen atoms in total. The van der Waals surface area contributed by atoms with Gasteiger partial charge in [-0.15, -0.1) is 0 Å². The lowest BCUT2D eigenvalue weighted by atomic mass is 9.85. The normalized spacial score (nSPS) is 28.7. The van der Waals surface area contributed by atoms with E-state index >= 15 is 0 Å². The van der Waals surface area contributed by atoms with Crippen LogP contribution in [-0.4, -0.2) is 36.7 Å². The third kappa shape index (κ3) is 2.33. The zero-order valence-corrected chi connectivity index (χ0v) is 12.9. The molecule has 0 bridgehead atoms. The Kier molecular flexibility index (Phi) is 3.74. The summed E-state index contributed by atoms with van der Waals surface area (Å²) in [6.45, 7) is 10.9. The van der Waals surface area contributed by atoms with E-state index in [1.807, 2.05) is 0 Å². The van der Waals surface area contributed by atoms with Gasteiger partial charge in [-0.05, 0) is 32.6 Å². The van der Waals surface area contributed by atoms with Gasteiger partial charge in [0.2, 0.25) is 0 Å². The molecule has 0 aliphatic carbocycles. The van der Waals surface area contributed by atoms with Crippen molar-refractivity contribution >= 4 is 0 Å². The Hall–Kier alpha value is -1.06. The molecule has 0 saturated carbocycles. The summed E-state index contributed by atoms with van der Waals surface area (Å²) < 4.78 is 6.42. The summed E-state index contributed by atoms with van der Waals surface area (Å²) in [5.41, 5.74) is 2.71. The van der Waals surface area contributed by atoms with Crippen molar-refractivity contribution in [3.05, 3.63) is 29.3 Å². The second kappa shape index (κ2) is 5.38. The summed E-state index contributed by atoms with van der Waals surface area (Å²) in [6, 6.07) is 7.14. The third-order valence-corrected chi connectivity index (χ3v) is 4.87. The van der Waals surface area contributed by atoms with E-state index in [-0.39, 0.29) is 5.60 Å². The molecule has 3 rings (SSSR count). The lowest BCUT2D eigenvalue weighted by Gasteiger charge is -2.43. The number of hydrogen-bond donors (Lipinski definition) is 1. The Bertz CT molecular complexity index is 476. The molecule has 20 heavy (non-hydrogen) atoms. The summed E-state index contributed by atoms with van der Waals surface area (Å²) in [5, 5.41) is 3.48. The van der Waals surface area contributed by atoms with Gasteiger partial charge in [0.25, 0.3) is 0 Å². The average Bonchev–Trinajstić information content (AvgIpc) is 2.89. The summed E-state index contributed by atoms with van der Waals surface area (Å²) in [6.07, 6.45) is 2.23. The topological polar surface area (TPSA) is 24.5 Å². The Balaban J connectivity index is 2.01. The van der Waals surface area contributed by atoms with Crippen molar-refractivity contribution in [2.24, 2.45) is 0 Å². The van der Waals surface area contributed by atoms with Crippen LogP contribution in [-0.2, 0) is 0 Å². The minimum absolute atomic E-state index is 0.00944. The molecule has 2 aliphatic rings. The molecule has 1 aromatic carbocycles. The Labute approximate surface area is 122 Å². The maximum atomic E-state index is 6.42. The Morgan fingerprint density at radius 3 is 2.80 bits per heavy atom. The van der Waals surface area contributed by atoms with Crippen LogP contribution in [0.3, 0.4) is 0 Å². The number of nitrogens with one attached hydrogen (secondary N) is 1. The second-order valence-electron chi connectivity index (χ2n) is 6.19. The predicted molar refractivity (Wildman–Crippen MR) is 82.3 cm³/mol. The van der Waals surface area contributed by atoms with Crippen molar-refractivity contribution in [3.63, 3.8) is 0 Å². The minimum Gasteiger partial charge on any atom is -0.485 e. The van der Waals surface area contributed by atoms with Gasteiger partial charge in [-0.25, -0.2) is 0 Å². The highest BCUT2D eigenvalue weighted by molar-refractivity contribution is 5.42. The van der Waals surface area contributed by atoms with Crippen molar-refractivity contribution in [1.29, 1.82) is 0 Å². The fourth-order valence-electron chi connectivity index (χ4n) is 3.73. The summed E-state index contributed by atoms with van der Waals surface area (Å²) in [7, 11) is 0. The Morgan fingerprint density at radius 2 is 2.15 bits per heavy atom. The smallest absolute Gasteiger partial charge is 0.125 e. The molecular weight excluding hydrogens is 248 g/mol. The van der Waals surface area contributed by atoms with E-state index in [9.17, 15) is 0 Å². The van der Waals surface area contributed by atoms with Crippen molar-refractivity contribution in [3.8, 4) is 5.75 Å². The zero-order chi connectivity index (χ0) is 14.2. The van der Waals surface area contributed by atoms with Crippen LogP contribution < -0.4 is 10.1 Å². The molecule has 0 aromatic heterocycles. The molecule has 3 heteroatoms. The number of hydrogen-bond acceptors (Lipinski definition) is 3. The van der Waals surface area contributed by atoms with Crippen LogP contribution in [0.15, 0.2) is 18.2 Å². The molecular formula is C17H26N2O. The van der Waals surface area contributed by atoms with Gasteiger partial charge in [-0.1, -0.05) is 31.5 Å². The molecule has 2 atom stereocenters. The monoisotopic (exact) mass is 274 g/mol. The molecule has 0 radical (unpaired) electrons. The highest BCUT2D eigenvalue weighted by atomic mass is 16.5. The highest BCUT2D eigenvalue weighted by Gasteiger charge is 2.44. The van der Waals surface area contributed by atoms with Crippen LogP contribution in [0.5, 0.6) is 5.75 Å². The zero-order valence-electron chi connectivity index (χ0n) is 12.9. The summed E-state index contributed by atoms with van der Waals surface area (Å²) in [5.74, 6) is 1.10. The van der Waals surface area contributed by atoms with Crippen molar-refractivity contribution in [1.82, 2.24) is 10.2 Å². The molecule has 2 unspecified atom stereocenters. The molecule has 0 amide bonds. The largest absolute Gasteiger partial charge is 0.485 e. The molecule has 2 aliphatic heterocycles. The van der Waals surface area contributed by atoms with Crippen LogP contribution in [0.2, 0.25) is 0 Å². The van der Waals surface area contributed by atoms with Crippen LogP contribution in [0.1, 0.15) is 43.9 Å². The molecule has 1 spiro atoms. The first-order valence-corrected chi connectivity index (χ1v) is 7.92. The van der Waals surface area contributed by atoms with Crippen LogP contribution in [0, 0.1) is 6.92 Å². The lowest BCUT2D eigenvalue weighted by molar-refractivity contribution is 0.0193. The van der Waals surface area contributed by atoms with E-state index in [0.29, 0.717) is 6.04 Å². The quantitative estimate of drug-likeness (QED) is 0.917.